The first-order valence-corrected chi connectivity index (χ1v) is 5.44. The average molecular weight is 222 g/mol. The van der Waals surface area contributed by atoms with Crippen molar-refractivity contribution in [1.29, 1.82) is 0 Å². The molecule has 1 aromatic carbocycles. The zero-order valence-corrected chi connectivity index (χ0v) is 10.3. The van der Waals surface area contributed by atoms with Gasteiger partial charge in [0.2, 0.25) is 0 Å². The molecule has 0 saturated heterocycles. The molecule has 1 rings (SSSR count). The first-order chi connectivity index (χ1) is 6.91. The van der Waals surface area contributed by atoms with Crippen LogP contribution in [0.4, 0.5) is 5.69 Å². The summed E-state index contributed by atoms with van der Waals surface area (Å²) in [6.45, 7) is 7.11. The quantitative estimate of drug-likeness (QED) is 0.772. The molecule has 0 aliphatic rings. The van der Waals surface area contributed by atoms with E-state index in [1.165, 1.54) is 5.56 Å². The second-order valence-corrected chi connectivity index (χ2v) is 5.14. The van der Waals surface area contributed by atoms with Gasteiger partial charge in [0, 0.05) is 5.69 Å². The van der Waals surface area contributed by atoms with Crippen molar-refractivity contribution in [1.82, 2.24) is 0 Å². The van der Waals surface area contributed by atoms with Crippen LogP contribution in [0.25, 0.3) is 0 Å². The number of nitrogens with two attached hydrogens (primary N) is 1. The van der Waals surface area contributed by atoms with Gasteiger partial charge >= 0.3 is 0 Å². The Bertz CT molecular complexity index is 353. The van der Waals surface area contributed by atoms with Crippen LogP contribution >= 0.6 is 12.2 Å². The summed E-state index contributed by atoms with van der Waals surface area (Å²) in [5, 5.41) is 3.25. The Morgan fingerprint density at radius 2 is 1.93 bits per heavy atom. The minimum absolute atomic E-state index is 0.125. The van der Waals surface area contributed by atoms with Gasteiger partial charge in [-0.05, 0) is 17.0 Å². The van der Waals surface area contributed by atoms with Gasteiger partial charge in [-0.2, -0.15) is 0 Å². The van der Waals surface area contributed by atoms with Gasteiger partial charge in [0.1, 0.15) is 0 Å². The molecule has 82 valence electrons. The van der Waals surface area contributed by atoms with E-state index >= 15 is 0 Å². The summed E-state index contributed by atoms with van der Waals surface area (Å²) in [5.41, 5.74) is 7.98. The van der Waals surface area contributed by atoms with Gasteiger partial charge in [-0.25, -0.2) is 0 Å². The fourth-order valence-corrected chi connectivity index (χ4v) is 1.55. The maximum Gasteiger partial charge on any atom is 0.0921 e. The van der Waals surface area contributed by atoms with Gasteiger partial charge in [-0.1, -0.05) is 51.2 Å². The van der Waals surface area contributed by atoms with E-state index in [0.717, 1.165) is 5.69 Å². The van der Waals surface area contributed by atoms with Crippen LogP contribution in [-0.2, 0) is 5.41 Å². The first kappa shape index (κ1) is 12.0. The van der Waals surface area contributed by atoms with Crippen molar-refractivity contribution in [3.8, 4) is 0 Å². The summed E-state index contributed by atoms with van der Waals surface area (Å²) >= 11 is 4.85. The molecule has 15 heavy (non-hydrogen) atoms. The highest BCUT2D eigenvalue weighted by Gasteiger charge is 2.16. The lowest BCUT2D eigenvalue weighted by molar-refractivity contribution is 0.592. The van der Waals surface area contributed by atoms with Crippen LogP contribution < -0.4 is 11.1 Å². The van der Waals surface area contributed by atoms with E-state index in [0.29, 0.717) is 11.5 Å². The summed E-state index contributed by atoms with van der Waals surface area (Å²) in [4.78, 5) is 0.485. The Morgan fingerprint density at radius 3 is 2.47 bits per heavy atom. The highest BCUT2D eigenvalue weighted by molar-refractivity contribution is 7.80. The Balaban J connectivity index is 2.92. The fourth-order valence-electron chi connectivity index (χ4n) is 1.47. The lowest BCUT2D eigenvalue weighted by atomic mass is 9.86. The van der Waals surface area contributed by atoms with E-state index in [2.05, 4.69) is 38.2 Å². The number of para-hydroxylation sites is 1. The molecule has 0 amide bonds. The monoisotopic (exact) mass is 222 g/mol. The van der Waals surface area contributed by atoms with Crippen LogP contribution in [-0.4, -0.2) is 11.5 Å². The van der Waals surface area contributed by atoms with Crippen molar-refractivity contribution in [3.05, 3.63) is 29.8 Å². The molecule has 0 radical (unpaired) electrons. The number of nitrogens with one attached hydrogen (secondary N) is 1. The summed E-state index contributed by atoms with van der Waals surface area (Å²) in [7, 11) is 0. The van der Waals surface area contributed by atoms with Crippen molar-refractivity contribution in [2.45, 2.75) is 26.2 Å². The fraction of sp³-hybridized carbons (Fsp3) is 0.417. The third-order valence-corrected chi connectivity index (χ3v) is 2.33. The van der Waals surface area contributed by atoms with Crippen molar-refractivity contribution in [3.63, 3.8) is 0 Å². The van der Waals surface area contributed by atoms with Crippen molar-refractivity contribution < 1.29 is 0 Å². The Kier molecular flexibility index (Phi) is 3.69. The molecule has 0 atom stereocenters. The second-order valence-electron chi connectivity index (χ2n) is 4.62. The molecule has 3 heteroatoms. The van der Waals surface area contributed by atoms with Crippen LogP contribution in [0.1, 0.15) is 26.3 Å². The number of benzene rings is 1. The zero-order chi connectivity index (χ0) is 11.5. The molecule has 3 N–H and O–H groups in total. The maximum absolute atomic E-state index is 5.47. The summed E-state index contributed by atoms with van der Waals surface area (Å²) in [6.07, 6.45) is 0. The molecule has 0 spiro atoms. The normalized spacial score (nSPS) is 11.1. The van der Waals surface area contributed by atoms with Crippen LogP contribution in [0.2, 0.25) is 0 Å². The highest BCUT2D eigenvalue weighted by Crippen LogP contribution is 2.28. The molecule has 0 aromatic heterocycles. The molecule has 2 nitrogen and oxygen atoms in total. The molecule has 0 fully saturated rings. The average Bonchev–Trinajstić information content (AvgIpc) is 2.13. The van der Waals surface area contributed by atoms with E-state index in [1.807, 2.05) is 12.1 Å². The molecule has 0 aliphatic heterocycles. The molecule has 0 heterocycles. The van der Waals surface area contributed by atoms with Gasteiger partial charge in [-0.15, -0.1) is 0 Å². The largest absolute Gasteiger partial charge is 0.392 e. The first-order valence-electron chi connectivity index (χ1n) is 5.03. The Hall–Kier alpha value is -1.09. The lowest BCUT2D eigenvalue weighted by Gasteiger charge is -2.23. The highest BCUT2D eigenvalue weighted by atomic mass is 32.1. The van der Waals surface area contributed by atoms with Gasteiger partial charge < -0.3 is 11.1 Å². The van der Waals surface area contributed by atoms with Crippen LogP contribution in [0.5, 0.6) is 0 Å². The summed E-state index contributed by atoms with van der Waals surface area (Å²) in [5.74, 6) is 0. The smallest absolute Gasteiger partial charge is 0.0921 e. The number of hydrogen-bond acceptors (Lipinski definition) is 2. The Morgan fingerprint density at radius 1 is 1.33 bits per heavy atom. The number of anilines is 1. The standard InChI is InChI=1S/C12H18N2S/c1-12(2,3)9-6-4-5-7-10(9)14-8-11(13)15/h4-7,14H,8H2,1-3H3,(H2,13,15). The van der Waals surface area contributed by atoms with E-state index in [9.17, 15) is 0 Å². The molecule has 1 aromatic rings. The molecular weight excluding hydrogens is 204 g/mol. The van der Waals surface area contributed by atoms with E-state index in [1.54, 1.807) is 0 Å². The summed E-state index contributed by atoms with van der Waals surface area (Å²) < 4.78 is 0. The van der Waals surface area contributed by atoms with Crippen molar-refractivity contribution >= 4 is 22.9 Å². The van der Waals surface area contributed by atoms with E-state index < -0.39 is 0 Å². The van der Waals surface area contributed by atoms with Crippen molar-refractivity contribution in [2.75, 3.05) is 11.9 Å². The second kappa shape index (κ2) is 4.62. The third-order valence-electron chi connectivity index (χ3n) is 2.19. The lowest BCUT2D eigenvalue weighted by Crippen LogP contribution is -2.22. The molecular formula is C12H18N2S. The molecule has 0 saturated carbocycles. The number of thiocarbonyl (C=S) groups is 1. The zero-order valence-electron chi connectivity index (χ0n) is 9.50. The maximum atomic E-state index is 5.47. The molecule has 0 unspecified atom stereocenters. The molecule has 0 bridgehead atoms. The Labute approximate surface area is 96.9 Å². The minimum Gasteiger partial charge on any atom is -0.392 e. The summed E-state index contributed by atoms with van der Waals surface area (Å²) in [6, 6.07) is 8.24. The van der Waals surface area contributed by atoms with Crippen LogP contribution in [0.3, 0.4) is 0 Å². The van der Waals surface area contributed by atoms with E-state index in [-0.39, 0.29) is 5.41 Å². The van der Waals surface area contributed by atoms with Crippen LogP contribution in [0.15, 0.2) is 24.3 Å². The number of rotatable bonds is 3. The van der Waals surface area contributed by atoms with Gasteiger partial charge in [0.25, 0.3) is 0 Å². The predicted octanol–water partition coefficient (Wildman–Crippen LogP) is 2.68. The van der Waals surface area contributed by atoms with Crippen LogP contribution in [0, 0.1) is 0 Å². The van der Waals surface area contributed by atoms with Gasteiger partial charge in [0.05, 0.1) is 11.5 Å². The minimum atomic E-state index is 0.125. The van der Waals surface area contributed by atoms with E-state index in [4.69, 9.17) is 18.0 Å². The number of hydrogen-bond donors (Lipinski definition) is 2. The molecule has 0 aliphatic carbocycles. The SMILES string of the molecule is CC(C)(C)c1ccccc1NCC(N)=S. The van der Waals surface area contributed by atoms with Crippen molar-refractivity contribution in [2.24, 2.45) is 5.73 Å². The topological polar surface area (TPSA) is 38.0 Å². The predicted molar refractivity (Wildman–Crippen MR) is 70.4 cm³/mol. The third kappa shape index (κ3) is 3.51. The van der Waals surface area contributed by atoms with Gasteiger partial charge in [-0.3, -0.25) is 0 Å². The van der Waals surface area contributed by atoms with Gasteiger partial charge in [0.15, 0.2) is 0 Å².